The molecule has 0 amide bonds. The van der Waals surface area contributed by atoms with Gasteiger partial charge in [0.15, 0.2) is 0 Å². The Morgan fingerprint density at radius 3 is 2.50 bits per heavy atom. The molecule has 2 heterocycles. The monoisotopic (exact) mass is 281 g/mol. The van der Waals surface area contributed by atoms with Gasteiger partial charge in [-0.15, -0.1) is 0 Å². The Hall–Kier alpha value is 0.650. The van der Waals surface area contributed by atoms with E-state index in [0.29, 0.717) is 0 Å². The van der Waals surface area contributed by atoms with E-state index in [1.165, 1.54) is 32.4 Å². The van der Waals surface area contributed by atoms with Crippen molar-refractivity contribution >= 4 is 22.6 Å². The molecule has 2 fully saturated rings. The van der Waals surface area contributed by atoms with Crippen molar-refractivity contribution in [3.63, 3.8) is 0 Å². The van der Waals surface area contributed by atoms with Crippen LogP contribution in [0.3, 0.4) is 0 Å². The van der Waals surface area contributed by atoms with E-state index in [9.17, 15) is 0 Å². The maximum Gasteiger partial charge on any atom is 0.0622 e. The molecule has 2 saturated heterocycles. The third-order valence-corrected chi connectivity index (χ3v) is 4.13. The highest BCUT2D eigenvalue weighted by molar-refractivity contribution is 14.1. The Kier molecular flexibility index (Phi) is 3.26. The molecule has 0 radical (unpaired) electrons. The fourth-order valence-corrected chi connectivity index (χ4v) is 2.60. The van der Waals surface area contributed by atoms with Gasteiger partial charge < -0.3 is 4.74 Å². The van der Waals surface area contributed by atoms with Crippen LogP contribution in [0, 0.1) is 0 Å². The molecule has 2 nitrogen and oxygen atoms in total. The molecule has 0 aromatic carbocycles. The van der Waals surface area contributed by atoms with Gasteiger partial charge in [0.2, 0.25) is 0 Å². The van der Waals surface area contributed by atoms with Gasteiger partial charge in [-0.05, 0) is 32.4 Å². The largest absolute Gasteiger partial charge is 0.380 e. The molecule has 70 valence electrons. The lowest BCUT2D eigenvalue weighted by Gasteiger charge is -2.33. The topological polar surface area (TPSA) is 12.5 Å². The second-order valence-electron chi connectivity index (χ2n) is 3.73. The first kappa shape index (κ1) is 9.21. The van der Waals surface area contributed by atoms with Gasteiger partial charge in [-0.2, -0.15) is 0 Å². The molecule has 0 aliphatic carbocycles. The van der Waals surface area contributed by atoms with Gasteiger partial charge >= 0.3 is 0 Å². The average molecular weight is 281 g/mol. The molecule has 1 unspecified atom stereocenters. The number of nitrogens with zero attached hydrogens (tertiary/aromatic N) is 1. The zero-order valence-electron chi connectivity index (χ0n) is 7.34. The van der Waals surface area contributed by atoms with Gasteiger partial charge in [0.25, 0.3) is 0 Å². The van der Waals surface area contributed by atoms with Gasteiger partial charge in [0.05, 0.1) is 6.61 Å². The number of likely N-dealkylation sites (tertiary alicyclic amines) is 1. The van der Waals surface area contributed by atoms with E-state index in [0.717, 1.165) is 23.2 Å². The number of ether oxygens (including phenoxy) is 1. The number of piperidine rings is 1. The lowest BCUT2D eigenvalue weighted by atomic mass is 10.1. The van der Waals surface area contributed by atoms with Crippen LogP contribution in [0.4, 0.5) is 0 Å². The molecular formula is C9H16INO. The minimum atomic E-state index is 0.744. The first-order valence-corrected chi connectivity index (χ1v) is 6.06. The lowest BCUT2D eigenvalue weighted by Crippen LogP contribution is -2.41. The van der Waals surface area contributed by atoms with Gasteiger partial charge in [0.1, 0.15) is 0 Å². The van der Waals surface area contributed by atoms with Crippen LogP contribution in [0.25, 0.3) is 0 Å². The summed E-state index contributed by atoms with van der Waals surface area (Å²) in [7, 11) is 0. The standard InChI is InChI=1S/C9H16INO/c10-8-1-4-11(5-2-8)9-3-6-12-7-9/h8-9H,1-7H2. The Labute approximate surface area is 87.8 Å². The average Bonchev–Trinajstić information content (AvgIpc) is 2.58. The molecule has 2 aliphatic rings. The second-order valence-corrected chi connectivity index (χ2v) is 5.49. The highest BCUT2D eigenvalue weighted by atomic mass is 127. The lowest BCUT2D eigenvalue weighted by molar-refractivity contribution is 0.131. The van der Waals surface area contributed by atoms with E-state index < -0.39 is 0 Å². The van der Waals surface area contributed by atoms with E-state index in [1.807, 2.05) is 0 Å². The van der Waals surface area contributed by atoms with Crippen molar-refractivity contribution in [1.29, 1.82) is 0 Å². The van der Waals surface area contributed by atoms with Crippen molar-refractivity contribution in [2.75, 3.05) is 26.3 Å². The predicted octanol–water partition coefficient (Wildman–Crippen LogP) is 1.67. The summed E-state index contributed by atoms with van der Waals surface area (Å²) in [6.07, 6.45) is 4.00. The Bertz CT molecular complexity index is 139. The molecule has 0 bridgehead atoms. The van der Waals surface area contributed by atoms with E-state index in [-0.39, 0.29) is 0 Å². The summed E-state index contributed by atoms with van der Waals surface area (Å²) in [6.45, 7) is 4.55. The van der Waals surface area contributed by atoms with Gasteiger partial charge in [-0.1, -0.05) is 22.6 Å². The SMILES string of the molecule is IC1CCN(C2CCOC2)CC1. The maximum absolute atomic E-state index is 5.39. The van der Waals surface area contributed by atoms with E-state index in [2.05, 4.69) is 27.5 Å². The molecular weight excluding hydrogens is 265 g/mol. The zero-order valence-corrected chi connectivity index (χ0v) is 9.50. The summed E-state index contributed by atoms with van der Waals surface area (Å²) < 4.78 is 6.31. The van der Waals surface area contributed by atoms with E-state index in [4.69, 9.17) is 4.74 Å². The Balaban J connectivity index is 1.80. The van der Waals surface area contributed by atoms with Crippen molar-refractivity contribution in [1.82, 2.24) is 4.90 Å². The Morgan fingerprint density at radius 2 is 1.92 bits per heavy atom. The van der Waals surface area contributed by atoms with Crippen molar-refractivity contribution in [3.8, 4) is 0 Å². The first-order chi connectivity index (χ1) is 5.86. The number of hydrogen-bond acceptors (Lipinski definition) is 2. The smallest absolute Gasteiger partial charge is 0.0622 e. The molecule has 0 aromatic heterocycles. The molecule has 0 saturated carbocycles. The number of alkyl halides is 1. The highest BCUT2D eigenvalue weighted by Gasteiger charge is 2.26. The van der Waals surface area contributed by atoms with Crippen molar-refractivity contribution in [2.45, 2.75) is 29.2 Å². The highest BCUT2D eigenvalue weighted by Crippen LogP contribution is 2.22. The molecule has 2 rings (SSSR count). The number of halogens is 1. The summed E-state index contributed by atoms with van der Waals surface area (Å²) in [5, 5.41) is 0. The molecule has 0 N–H and O–H groups in total. The van der Waals surface area contributed by atoms with Crippen LogP contribution in [0.5, 0.6) is 0 Å². The molecule has 3 heteroatoms. The molecule has 12 heavy (non-hydrogen) atoms. The van der Waals surface area contributed by atoms with Crippen LogP contribution in [0.2, 0.25) is 0 Å². The predicted molar refractivity (Wildman–Crippen MR) is 57.8 cm³/mol. The minimum Gasteiger partial charge on any atom is -0.380 e. The van der Waals surface area contributed by atoms with Crippen LogP contribution in [-0.4, -0.2) is 41.2 Å². The third kappa shape index (κ3) is 2.12. The first-order valence-electron chi connectivity index (χ1n) is 4.82. The van der Waals surface area contributed by atoms with Crippen LogP contribution < -0.4 is 0 Å². The van der Waals surface area contributed by atoms with E-state index in [1.54, 1.807) is 0 Å². The minimum absolute atomic E-state index is 0.744. The van der Waals surface area contributed by atoms with Crippen molar-refractivity contribution < 1.29 is 4.74 Å². The second kappa shape index (κ2) is 4.24. The zero-order chi connectivity index (χ0) is 8.39. The summed E-state index contributed by atoms with van der Waals surface area (Å²) >= 11 is 2.57. The number of hydrogen-bond donors (Lipinski definition) is 0. The van der Waals surface area contributed by atoms with Gasteiger partial charge in [-0.25, -0.2) is 0 Å². The van der Waals surface area contributed by atoms with Crippen LogP contribution in [-0.2, 0) is 4.74 Å². The quantitative estimate of drug-likeness (QED) is 0.535. The fourth-order valence-electron chi connectivity index (χ4n) is 2.04. The van der Waals surface area contributed by atoms with Crippen LogP contribution >= 0.6 is 22.6 Å². The fraction of sp³-hybridized carbons (Fsp3) is 1.00. The summed E-state index contributed by atoms with van der Waals surface area (Å²) in [6, 6.07) is 0.744. The van der Waals surface area contributed by atoms with Gasteiger partial charge in [0, 0.05) is 16.6 Å². The molecule has 2 aliphatic heterocycles. The van der Waals surface area contributed by atoms with E-state index >= 15 is 0 Å². The Morgan fingerprint density at radius 1 is 1.17 bits per heavy atom. The normalized spacial score (nSPS) is 34.2. The van der Waals surface area contributed by atoms with Crippen LogP contribution in [0.1, 0.15) is 19.3 Å². The molecule has 0 aromatic rings. The summed E-state index contributed by atoms with van der Waals surface area (Å²) in [4.78, 5) is 2.61. The van der Waals surface area contributed by atoms with Crippen molar-refractivity contribution in [2.24, 2.45) is 0 Å². The van der Waals surface area contributed by atoms with Crippen LogP contribution in [0.15, 0.2) is 0 Å². The van der Waals surface area contributed by atoms with Crippen molar-refractivity contribution in [3.05, 3.63) is 0 Å². The molecule has 0 spiro atoms. The maximum atomic E-state index is 5.39. The molecule has 1 atom stereocenters. The third-order valence-electron chi connectivity index (χ3n) is 2.88. The summed E-state index contributed by atoms with van der Waals surface area (Å²) in [5.74, 6) is 0. The van der Waals surface area contributed by atoms with Gasteiger partial charge in [-0.3, -0.25) is 4.90 Å². The summed E-state index contributed by atoms with van der Waals surface area (Å²) in [5.41, 5.74) is 0. The number of rotatable bonds is 1.